The van der Waals surface area contributed by atoms with Gasteiger partial charge in [-0.2, -0.15) is 62.9 Å². The lowest BCUT2D eigenvalue weighted by Crippen LogP contribution is -2.38. The first-order valence-corrected chi connectivity index (χ1v) is 19.6. The van der Waals surface area contributed by atoms with Crippen LogP contribution in [0.15, 0.2) is 72.8 Å². The largest absolute Gasteiger partial charge is 0.507 e. The molecule has 24 heteroatoms. The maximum absolute atomic E-state index is 13.2. The second-order valence-corrected chi connectivity index (χ2v) is 15.7. The summed E-state index contributed by atoms with van der Waals surface area (Å²) < 4.78 is 159. The summed E-state index contributed by atoms with van der Waals surface area (Å²) in [7, 11) is 2.40. The molecule has 0 atom stereocenters. The number of anilines is 2. The van der Waals surface area contributed by atoms with Gasteiger partial charge in [-0.15, -0.1) is 0 Å². The Morgan fingerprint density at radius 1 is 0.530 bits per heavy atom. The average Bonchev–Trinajstić information content (AvgIpc) is 3.80. The van der Waals surface area contributed by atoms with E-state index < -0.39 is 80.6 Å². The quantitative estimate of drug-likeness (QED) is 0.170. The summed E-state index contributed by atoms with van der Waals surface area (Å²) in [5, 5.41) is 27.0. The molecule has 2 aliphatic heterocycles. The summed E-state index contributed by atoms with van der Waals surface area (Å²) in [4.78, 5) is 28.2. The molecule has 0 radical (unpaired) electrons. The predicted molar refractivity (Wildman–Crippen MR) is 214 cm³/mol. The van der Waals surface area contributed by atoms with Gasteiger partial charge in [-0.05, 0) is 84.6 Å². The fourth-order valence-corrected chi connectivity index (χ4v) is 8.04. The third kappa shape index (κ3) is 9.20. The second kappa shape index (κ2) is 16.8. The number of benzene rings is 4. The number of phenols is 2. The Bertz CT molecular complexity index is 2920. The number of fused-ring (bicyclic) bond motifs is 2. The first-order chi connectivity index (χ1) is 30.5. The predicted octanol–water partition coefficient (Wildman–Crippen LogP) is 11.4. The molecule has 0 bridgehead atoms. The number of amides is 2. The molecule has 0 aliphatic carbocycles. The summed E-state index contributed by atoms with van der Waals surface area (Å²) in [6.07, 6.45) is -18.4. The molecule has 0 unspecified atom stereocenters. The normalized spacial score (nSPS) is 14.5. The molecule has 0 saturated heterocycles. The maximum Gasteiger partial charge on any atom is 0.435 e. The fraction of sp³-hybridized carbons (Fsp3) is 0.238. The molecule has 4 heterocycles. The van der Waals surface area contributed by atoms with Crippen molar-refractivity contribution in [2.24, 2.45) is 14.1 Å². The van der Waals surface area contributed by atoms with Gasteiger partial charge < -0.3 is 20.0 Å². The third-order valence-electron chi connectivity index (χ3n) is 10.6. The number of carbonyl (C=O) groups is 2. The smallest absolute Gasteiger partial charge is 0.435 e. The summed E-state index contributed by atoms with van der Waals surface area (Å²) in [5.41, 5.74) is -3.76. The monoisotopic (exact) mass is 978 g/mol. The van der Waals surface area contributed by atoms with E-state index in [1.165, 1.54) is 47.2 Å². The van der Waals surface area contributed by atoms with Crippen LogP contribution in [0.25, 0.3) is 22.5 Å². The zero-order valence-corrected chi connectivity index (χ0v) is 35.0. The highest BCUT2D eigenvalue weighted by Gasteiger charge is 2.40. The molecule has 6 aromatic rings. The SMILES string of the molecule is Cn1nc(-c2ccc(N3CCc4cc(Cl)c(C(F)(F)F)cc4C3=O)cc2O)cc1C(F)(F)F.Cn1nc(C(F)(F)F)cc1-c1ccc(N2CCc3cc(Cl)c(C(F)(F)F)cc3C2=O)cc1O. The number of aryl methyl sites for hydroxylation is 2. The van der Waals surface area contributed by atoms with Crippen molar-refractivity contribution in [3.8, 4) is 34.0 Å². The van der Waals surface area contributed by atoms with Gasteiger partial charge in [0.05, 0.1) is 32.6 Å². The summed E-state index contributed by atoms with van der Waals surface area (Å²) in [5.74, 6) is -2.30. The standard InChI is InChI=1S/2C21H14ClF6N3O2/c1-30-16(9-18(29-30)21(26,27)28)12-3-2-11(7-17(12)32)31-5-4-10-6-15(22)14(20(23,24)25)8-13(10)19(31)33;1-30-18(21(26,27)28)9-16(29-30)12-3-2-11(7-17(12)32)31-5-4-10-6-15(22)14(20(23,24)25)8-13(10)19(31)33/h2*2-3,6-9,32H,4-5H2,1H3. The Morgan fingerprint density at radius 2 is 0.985 bits per heavy atom. The van der Waals surface area contributed by atoms with Gasteiger partial charge in [-0.25, -0.2) is 0 Å². The molecule has 2 N–H and O–H groups in total. The molecule has 10 nitrogen and oxygen atoms in total. The third-order valence-corrected chi connectivity index (χ3v) is 11.3. The van der Waals surface area contributed by atoms with Crippen LogP contribution in [0.5, 0.6) is 11.5 Å². The van der Waals surface area contributed by atoms with E-state index in [0.29, 0.717) is 27.9 Å². The molecule has 0 fully saturated rings. The highest BCUT2D eigenvalue weighted by atomic mass is 35.5. The van der Waals surface area contributed by atoms with Crippen molar-refractivity contribution < 1.29 is 72.5 Å². The van der Waals surface area contributed by atoms with Crippen LogP contribution < -0.4 is 9.80 Å². The molecular formula is C42H28Cl2F12N6O4. The van der Waals surface area contributed by atoms with Gasteiger partial charge >= 0.3 is 24.7 Å². The van der Waals surface area contributed by atoms with E-state index in [9.17, 15) is 72.5 Å². The first kappa shape index (κ1) is 47.5. The van der Waals surface area contributed by atoms with Crippen molar-refractivity contribution in [1.82, 2.24) is 19.6 Å². The maximum atomic E-state index is 13.2. The molecule has 2 aliphatic rings. The Hall–Kier alpha value is -6.42. The number of hydrogen-bond donors (Lipinski definition) is 2. The number of aromatic hydroxyl groups is 2. The van der Waals surface area contributed by atoms with Crippen molar-refractivity contribution in [1.29, 1.82) is 0 Å². The van der Waals surface area contributed by atoms with Crippen LogP contribution in [0.1, 0.15) is 54.4 Å². The van der Waals surface area contributed by atoms with E-state index in [4.69, 9.17) is 23.2 Å². The highest BCUT2D eigenvalue weighted by Crippen LogP contribution is 2.43. The van der Waals surface area contributed by atoms with E-state index in [2.05, 4.69) is 10.2 Å². The topological polar surface area (TPSA) is 117 Å². The van der Waals surface area contributed by atoms with Crippen LogP contribution in [0.3, 0.4) is 0 Å². The van der Waals surface area contributed by atoms with Crippen LogP contribution in [-0.2, 0) is 51.6 Å². The van der Waals surface area contributed by atoms with Crippen LogP contribution in [-0.4, -0.2) is 54.7 Å². The van der Waals surface area contributed by atoms with Crippen molar-refractivity contribution in [2.75, 3.05) is 22.9 Å². The number of aromatic nitrogens is 4. The molecule has 2 aromatic heterocycles. The Balaban J connectivity index is 0.000000196. The lowest BCUT2D eigenvalue weighted by Gasteiger charge is -2.29. The molecule has 8 rings (SSSR count). The van der Waals surface area contributed by atoms with Gasteiger partial charge in [0.25, 0.3) is 11.8 Å². The van der Waals surface area contributed by atoms with Gasteiger partial charge in [0.2, 0.25) is 0 Å². The van der Waals surface area contributed by atoms with Crippen molar-refractivity contribution >= 4 is 46.4 Å². The zero-order chi connectivity index (χ0) is 48.6. The van der Waals surface area contributed by atoms with E-state index in [1.807, 2.05) is 0 Å². The molecule has 0 saturated carbocycles. The second-order valence-electron chi connectivity index (χ2n) is 14.9. The van der Waals surface area contributed by atoms with Crippen molar-refractivity contribution in [3.63, 3.8) is 0 Å². The molecular weight excluding hydrogens is 951 g/mol. The molecule has 4 aromatic carbocycles. The van der Waals surface area contributed by atoms with Crippen molar-refractivity contribution in [3.05, 3.63) is 128 Å². The molecule has 348 valence electrons. The number of carbonyl (C=O) groups excluding carboxylic acids is 2. The van der Waals surface area contributed by atoms with Crippen LogP contribution in [0, 0.1) is 0 Å². The minimum Gasteiger partial charge on any atom is -0.507 e. The number of rotatable bonds is 4. The molecule has 2 amide bonds. The Kier molecular flexibility index (Phi) is 12.1. The fourth-order valence-electron chi connectivity index (χ4n) is 7.46. The molecule has 0 spiro atoms. The number of alkyl halides is 12. The summed E-state index contributed by atoms with van der Waals surface area (Å²) in [6, 6.07) is 12.9. The van der Waals surface area contributed by atoms with Gasteiger partial charge in [-0.3, -0.25) is 19.0 Å². The number of hydrogen-bond acceptors (Lipinski definition) is 6. The lowest BCUT2D eigenvalue weighted by molar-refractivity contribution is -0.144. The minimum atomic E-state index is -4.74. The van der Waals surface area contributed by atoms with Gasteiger partial charge in [0.1, 0.15) is 17.2 Å². The lowest BCUT2D eigenvalue weighted by atomic mass is 9.95. The van der Waals surface area contributed by atoms with Crippen molar-refractivity contribution in [2.45, 2.75) is 37.5 Å². The number of nitrogens with zero attached hydrogens (tertiary/aromatic N) is 6. The van der Waals surface area contributed by atoms with Gasteiger partial charge in [0.15, 0.2) is 5.69 Å². The number of halogens is 14. The number of phenolic OH excluding ortho intramolecular Hbond substituents is 2. The van der Waals surface area contributed by atoms with Gasteiger partial charge in [0, 0.05) is 72.9 Å². The zero-order valence-electron chi connectivity index (χ0n) is 33.4. The summed E-state index contributed by atoms with van der Waals surface area (Å²) in [6.45, 7) is 0.213. The van der Waals surface area contributed by atoms with Crippen LogP contribution in [0.4, 0.5) is 64.1 Å². The Morgan fingerprint density at radius 3 is 1.36 bits per heavy atom. The highest BCUT2D eigenvalue weighted by molar-refractivity contribution is 6.32. The van der Waals surface area contributed by atoms with E-state index >= 15 is 0 Å². The summed E-state index contributed by atoms with van der Waals surface area (Å²) >= 11 is 11.5. The van der Waals surface area contributed by atoms with E-state index in [0.717, 1.165) is 42.1 Å². The van der Waals surface area contributed by atoms with E-state index in [1.54, 1.807) is 0 Å². The van der Waals surface area contributed by atoms with Crippen LogP contribution >= 0.6 is 23.2 Å². The van der Waals surface area contributed by atoms with E-state index in [-0.39, 0.29) is 70.9 Å². The molecule has 66 heavy (non-hydrogen) atoms. The van der Waals surface area contributed by atoms with Crippen LogP contribution in [0.2, 0.25) is 10.0 Å². The minimum absolute atomic E-state index is 0.000785. The first-order valence-electron chi connectivity index (χ1n) is 18.9. The Labute approximate surface area is 373 Å². The van der Waals surface area contributed by atoms with Gasteiger partial charge in [-0.1, -0.05) is 23.2 Å². The average molecular weight is 980 g/mol.